The van der Waals surface area contributed by atoms with Gasteiger partial charge in [-0.15, -0.1) is 0 Å². The summed E-state index contributed by atoms with van der Waals surface area (Å²) >= 11 is 0. The molecule has 1 atom stereocenters. The Morgan fingerprint density at radius 3 is 2.57 bits per heavy atom. The molecule has 0 fully saturated rings. The number of benzene rings is 1. The van der Waals surface area contributed by atoms with Crippen LogP contribution in [0.4, 0.5) is 10.5 Å². The molecule has 1 aromatic rings. The maximum Gasteiger partial charge on any atom is 0.421 e. The largest absolute Gasteiger partial charge is 0.443 e. The van der Waals surface area contributed by atoms with Gasteiger partial charge in [0.1, 0.15) is 5.60 Å². The number of hydrogen-bond donors (Lipinski definition) is 0. The van der Waals surface area contributed by atoms with E-state index in [4.69, 9.17) is 4.74 Å². The molecule has 0 spiro atoms. The molecule has 4 heteroatoms. The maximum atomic E-state index is 12.6. The standard InChI is InChI=1S/C17H23NO3/c1-5-6-9-13-12-10-7-8-11-14(12)18(15(13)19)16(20)21-17(2,3)4/h7-8,10-11,13H,5-6,9H2,1-4H3. The monoisotopic (exact) mass is 289 g/mol. The minimum atomic E-state index is -0.617. The molecule has 0 saturated heterocycles. The van der Waals surface area contributed by atoms with Crippen LogP contribution in [-0.4, -0.2) is 17.6 Å². The normalized spacial score (nSPS) is 17.8. The molecule has 0 bridgehead atoms. The van der Waals surface area contributed by atoms with Crippen LogP contribution in [0, 0.1) is 0 Å². The van der Waals surface area contributed by atoms with Gasteiger partial charge in [-0.3, -0.25) is 4.79 Å². The molecule has 0 N–H and O–H groups in total. The Bertz CT molecular complexity index is 545. The van der Waals surface area contributed by atoms with E-state index < -0.39 is 11.7 Å². The summed E-state index contributed by atoms with van der Waals surface area (Å²) in [5.41, 5.74) is 0.980. The van der Waals surface area contributed by atoms with Gasteiger partial charge in [0.05, 0.1) is 11.6 Å². The van der Waals surface area contributed by atoms with Crippen LogP contribution in [0.1, 0.15) is 58.4 Å². The highest BCUT2D eigenvalue weighted by Crippen LogP contribution is 2.40. The van der Waals surface area contributed by atoms with Crippen molar-refractivity contribution in [2.24, 2.45) is 0 Å². The maximum absolute atomic E-state index is 12.6. The first-order valence-electron chi connectivity index (χ1n) is 7.51. The van der Waals surface area contributed by atoms with Crippen molar-refractivity contribution in [1.29, 1.82) is 0 Å². The van der Waals surface area contributed by atoms with Gasteiger partial charge in [0.15, 0.2) is 0 Å². The van der Waals surface area contributed by atoms with Crippen LogP contribution >= 0.6 is 0 Å². The summed E-state index contributed by atoms with van der Waals surface area (Å²) in [4.78, 5) is 26.2. The third-order valence-electron chi connectivity index (χ3n) is 3.49. The van der Waals surface area contributed by atoms with Crippen LogP contribution in [0.5, 0.6) is 0 Å². The fraction of sp³-hybridized carbons (Fsp3) is 0.529. The number of rotatable bonds is 3. The third-order valence-corrected chi connectivity index (χ3v) is 3.49. The minimum Gasteiger partial charge on any atom is -0.443 e. The first-order valence-corrected chi connectivity index (χ1v) is 7.51. The number of fused-ring (bicyclic) bond motifs is 1. The van der Waals surface area contributed by atoms with Crippen molar-refractivity contribution in [3.63, 3.8) is 0 Å². The number of imide groups is 1. The van der Waals surface area contributed by atoms with Gasteiger partial charge in [-0.05, 0) is 38.8 Å². The van der Waals surface area contributed by atoms with E-state index in [1.165, 1.54) is 4.90 Å². The van der Waals surface area contributed by atoms with Crippen molar-refractivity contribution in [3.8, 4) is 0 Å². The average Bonchev–Trinajstić information content (AvgIpc) is 2.66. The second-order valence-corrected chi connectivity index (χ2v) is 6.41. The number of ether oxygens (including phenoxy) is 1. The Balaban J connectivity index is 2.31. The number of anilines is 1. The molecule has 1 heterocycles. The molecule has 0 aliphatic carbocycles. The van der Waals surface area contributed by atoms with E-state index >= 15 is 0 Å². The highest BCUT2D eigenvalue weighted by molar-refractivity contribution is 6.19. The first kappa shape index (κ1) is 15.5. The van der Waals surface area contributed by atoms with E-state index in [0.717, 1.165) is 24.8 Å². The van der Waals surface area contributed by atoms with E-state index in [9.17, 15) is 9.59 Å². The zero-order chi connectivity index (χ0) is 15.6. The summed E-state index contributed by atoms with van der Waals surface area (Å²) in [7, 11) is 0. The summed E-state index contributed by atoms with van der Waals surface area (Å²) in [5, 5.41) is 0. The SMILES string of the molecule is CCCCC1C(=O)N(C(=O)OC(C)(C)C)c2ccccc21. The second-order valence-electron chi connectivity index (χ2n) is 6.41. The Hall–Kier alpha value is -1.84. The van der Waals surface area contributed by atoms with Crippen LogP contribution in [0.2, 0.25) is 0 Å². The number of unbranched alkanes of at least 4 members (excludes halogenated alkanes) is 1. The van der Waals surface area contributed by atoms with E-state index in [0.29, 0.717) is 5.69 Å². The number of para-hydroxylation sites is 1. The number of amides is 2. The van der Waals surface area contributed by atoms with Crippen molar-refractivity contribution >= 4 is 17.7 Å². The molecule has 0 saturated carbocycles. The quantitative estimate of drug-likeness (QED) is 0.836. The lowest BCUT2D eigenvalue weighted by Crippen LogP contribution is -2.39. The summed E-state index contributed by atoms with van der Waals surface area (Å²) < 4.78 is 5.37. The summed E-state index contributed by atoms with van der Waals surface area (Å²) in [5.74, 6) is -0.396. The summed E-state index contributed by atoms with van der Waals surface area (Å²) in [6.07, 6.45) is 2.18. The summed E-state index contributed by atoms with van der Waals surface area (Å²) in [6.45, 7) is 7.49. The van der Waals surface area contributed by atoms with Crippen LogP contribution in [0.25, 0.3) is 0 Å². The third kappa shape index (κ3) is 3.26. The molecular formula is C17H23NO3. The fourth-order valence-corrected chi connectivity index (χ4v) is 2.58. The molecular weight excluding hydrogens is 266 g/mol. The van der Waals surface area contributed by atoms with Gasteiger partial charge in [0.2, 0.25) is 5.91 Å². The van der Waals surface area contributed by atoms with Crippen molar-refractivity contribution < 1.29 is 14.3 Å². The average molecular weight is 289 g/mol. The number of hydrogen-bond acceptors (Lipinski definition) is 3. The predicted molar refractivity (Wildman–Crippen MR) is 82.4 cm³/mol. The lowest BCUT2D eigenvalue weighted by Gasteiger charge is -2.24. The highest BCUT2D eigenvalue weighted by atomic mass is 16.6. The Morgan fingerprint density at radius 2 is 1.95 bits per heavy atom. The molecule has 1 aliphatic rings. The smallest absolute Gasteiger partial charge is 0.421 e. The topological polar surface area (TPSA) is 46.6 Å². The number of carbonyl (C=O) groups excluding carboxylic acids is 2. The lowest BCUT2D eigenvalue weighted by atomic mass is 9.95. The molecule has 0 radical (unpaired) electrons. The van der Waals surface area contributed by atoms with Crippen molar-refractivity contribution in [2.45, 2.75) is 58.5 Å². The predicted octanol–water partition coefficient (Wildman–Crippen LogP) is 4.24. The van der Waals surface area contributed by atoms with Crippen molar-refractivity contribution in [3.05, 3.63) is 29.8 Å². The number of nitrogens with zero attached hydrogens (tertiary/aromatic N) is 1. The summed E-state index contributed by atoms with van der Waals surface area (Å²) in [6, 6.07) is 7.48. The Kier molecular flexibility index (Phi) is 4.35. The Morgan fingerprint density at radius 1 is 1.29 bits per heavy atom. The van der Waals surface area contributed by atoms with Gasteiger partial charge in [0.25, 0.3) is 0 Å². The molecule has 1 unspecified atom stereocenters. The van der Waals surface area contributed by atoms with E-state index in [2.05, 4.69) is 6.92 Å². The van der Waals surface area contributed by atoms with Gasteiger partial charge in [-0.1, -0.05) is 38.0 Å². The van der Waals surface area contributed by atoms with Crippen molar-refractivity contribution in [2.75, 3.05) is 4.90 Å². The molecule has 2 rings (SSSR count). The van der Waals surface area contributed by atoms with E-state index in [1.54, 1.807) is 20.8 Å². The lowest BCUT2D eigenvalue weighted by molar-refractivity contribution is -0.119. The minimum absolute atomic E-state index is 0.168. The molecule has 21 heavy (non-hydrogen) atoms. The molecule has 1 aromatic carbocycles. The molecule has 2 amide bonds. The van der Waals surface area contributed by atoms with Gasteiger partial charge >= 0.3 is 6.09 Å². The fourth-order valence-electron chi connectivity index (χ4n) is 2.58. The first-order chi connectivity index (χ1) is 9.85. The van der Waals surface area contributed by atoms with E-state index in [-0.39, 0.29) is 11.8 Å². The number of carbonyl (C=O) groups is 2. The van der Waals surface area contributed by atoms with Crippen LogP contribution in [-0.2, 0) is 9.53 Å². The molecule has 1 aliphatic heterocycles. The molecule has 114 valence electrons. The zero-order valence-corrected chi connectivity index (χ0v) is 13.2. The zero-order valence-electron chi connectivity index (χ0n) is 13.2. The van der Waals surface area contributed by atoms with Crippen LogP contribution < -0.4 is 4.90 Å². The van der Waals surface area contributed by atoms with Crippen LogP contribution in [0.15, 0.2) is 24.3 Å². The van der Waals surface area contributed by atoms with Gasteiger partial charge in [0, 0.05) is 0 Å². The van der Waals surface area contributed by atoms with Gasteiger partial charge < -0.3 is 4.74 Å². The van der Waals surface area contributed by atoms with Crippen LogP contribution in [0.3, 0.4) is 0 Å². The van der Waals surface area contributed by atoms with Gasteiger partial charge in [-0.2, -0.15) is 0 Å². The molecule has 4 nitrogen and oxygen atoms in total. The van der Waals surface area contributed by atoms with Gasteiger partial charge in [-0.25, -0.2) is 9.69 Å². The Labute approximate surface area is 126 Å². The molecule has 0 aromatic heterocycles. The second kappa shape index (κ2) is 5.88. The van der Waals surface area contributed by atoms with E-state index in [1.807, 2.05) is 24.3 Å². The van der Waals surface area contributed by atoms with Crippen molar-refractivity contribution in [1.82, 2.24) is 0 Å². The highest BCUT2D eigenvalue weighted by Gasteiger charge is 2.41.